The van der Waals surface area contributed by atoms with Gasteiger partial charge in [0.25, 0.3) is 0 Å². The van der Waals surface area contributed by atoms with E-state index in [1.54, 1.807) is 4.90 Å². The number of quaternary nitrogens is 1. The summed E-state index contributed by atoms with van der Waals surface area (Å²) in [6, 6.07) is 0. The lowest BCUT2D eigenvalue weighted by Crippen LogP contribution is -3.09. The Labute approximate surface area is 57.5 Å². The average Bonchev–Trinajstić information content (AvgIpc) is 1.69. The van der Waals surface area contributed by atoms with E-state index in [1.165, 1.54) is 32.4 Å². The lowest BCUT2D eigenvalue weighted by atomic mass is 10.1. The highest BCUT2D eigenvalue weighted by molar-refractivity contribution is 4.42. The van der Waals surface area contributed by atoms with Gasteiger partial charge in [-0.3, -0.25) is 0 Å². The number of nitrogens with one attached hydrogen (secondary N) is 1. The van der Waals surface area contributed by atoms with Crippen molar-refractivity contribution in [2.75, 3.05) is 20.1 Å². The molecule has 0 atom stereocenters. The van der Waals surface area contributed by atoms with Gasteiger partial charge in [-0.05, 0) is 19.3 Å². The molecule has 1 aliphatic heterocycles. The Hall–Kier alpha value is 0.250. The van der Waals surface area contributed by atoms with Gasteiger partial charge >= 0.3 is 0 Å². The van der Waals surface area contributed by atoms with Crippen molar-refractivity contribution in [1.29, 1.82) is 0 Å². The zero-order chi connectivity index (χ0) is 5.11. The third-order valence-electron chi connectivity index (χ3n) is 1.71. The summed E-state index contributed by atoms with van der Waals surface area (Å²) in [5.74, 6) is 0. The quantitative estimate of drug-likeness (QED) is 0.355. The number of hydrogen-bond acceptors (Lipinski definition) is 0. The Morgan fingerprint density at radius 3 is 1.75 bits per heavy atom. The molecule has 0 bridgehead atoms. The van der Waals surface area contributed by atoms with Crippen LogP contribution in [0.25, 0.3) is 0 Å². The largest absolute Gasteiger partial charge is 1.00 e. The van der Waals surface area contributed by atoms with Crippen LogP contribution in [0, 0.1) is 0 Å². The molecule has 0 aromatic rings. The molecule has 0 aromatic carbocycles. The summed E-state index contributed by atoms with van der Waals surface area (Å²) in [4.78, 5) is 1.71. The lowest BCUT2D eigenvalue weighted by molar-refractivity contribution is -0.884. The van der Waals surface area contributed by atoms with Crippen LogP contribution < -0.4 is 17.3 Å². The topological polar surface area (TPSA) is 4.44 Å². The highest BCUT2D eigenvalue weighted by atomic mass is 35.5. The standard InChI is InChI=1S/C6H13N.ClH/c1-7-5-3-2-4-6-7;/h2-6H2,1H3;1H. The third kappa shape index (κ3) is 2.53. The molecule has 0 radical (unpaired) electrons. The Balaban J connectivity index is 0.000000490. The molecular weight excluding hydrogens is 122 g/mol. The number of likely N-dealkylation sites (tertiary alicyclic amines) is 1. The Morgan fingerprint density at radius 1 is 1.00 bits per heavy atom. The van der Waals surface area contributed by atoms with E-state index in [4.69, 9.17) is 0 Å². The number of hydrogen-bond donors (Lipinski definition) is 1. The summed E-state index contributed by atoms with van der Waals surface area (Å²) in [5.41, 5.74) is 0. The van der Waals surface area contributed by atoms with Gasteiger partial charge in [-0.15, -0.1) is 0 Å². The van der Waals surface area contributed by atoms with Gasteiger partial charge in [0.05, 0.1) is 20.1 Å². The molecule has 0 aliphatic carbocycles. The van der Waals surface area contributed by atoms with Crippen molar-refractivity contribution in [2.24, 2.45) is 0 Å². The summed E-state index contributed by atoms with van der Waals surface area (Å²) in [6.07, 6.45) is 4.37. The molecule has 8 heavy (non-hydrogen) atoms. The predicted molar refractivity (Wildman–Crippen MR) is 30.5 cm³/mol. The van der Waals surface area contributed by atoms with Crippen LogP contribution in [0.3, 0.4) is 0 Å². The Bertz CT molecular complexity index is 50.5. The highest BCUT2D eigenvalue weighted by Gasteiger charge is 2.05. The lowest BCUT2D eigenvalue weighted by Gasteiger charge is -2.17. The molecule has 1 aliphatic rings. The van der Waals surface area contributed by atoms with Crippen LogP contribution in [0.5, 0.6) is 0 Å². The van der Waals surface area contributed by atoms with Gasteiger partial charge in [0, 0.05) is 0 Å². The molecule has 2 heteroatoms. The zero-order valence-electron chi connectivity index (χ0n) is 5.41. The number of halogens is 1. The molecule has 1 heterocycles. The molecule has 0 amide bonds. The van der Waals surface area contributed by atoms with Gasteiger partial charge in [-0.2, -0.15) is 0 Å². The van der Waals surface area contributed by atoms with Crippen LogP contribution >= 0.6 is 0 Å². The van der Waals surface area contributed by atoms with Gasteiger partial charge in [0.1, 0.15) is 0 Å². The molecule has 0 spiro atoms. The van der Waals surface area contributed by atoms with Crippen LogP contribution in [0.1, 0.15) is 19.3 Å². The Morgan fingerprint density at radius 2 is 1.50 bits per heavy atom. The minimum atomic E-state index is 0. The van der Waals surface area contributed by atoms with E-state index < -0.39 is 0 Å². The first-order valence-electron chi connectivity index (χ1n) is 3.21. The van der Waals surface area contributed by atoms with E-state index in [0.717, 1.165) is 0 Å². The second-order valence-electron chi connectivity index (χ2n) is 2.52. The van der Waals surface area contributed by atoms with Crippen molar-refractivity contribution in [3.8, 4) is 0 Å². The molecule has 1 nitrogen and oxygen atoms in total. The smallest absolute Gasteiger partial charge is 0.0768 e. The summed E-state index contributed by atoms with van der Waals surface area (Å²) >= 11 is 0. The van der Waals surface area contributed by atoms with Gasteiger partial charge in [0.2, 0.25) is 0 Å². The van der Waals surface area contributed by atoms with E-state index >= 15 is 0 Å². The summed E-state index contributed by atoms with van der Waals surface area (Å²) in [6.45, 7) is 2.81. The molecule has 0 aromatic heterocycles. The second-order valence-corrected chi connectivity index (χ2v) is 2.52. The van der Waals surface area contributed by atoms with Crippen molar-refractivity contribution in [1.82, 2.24) is 0 Å². The van der Waals surface area contributed by atoms with E-state index in [-0.39, 0.29) is 12.4 Å². The van der Waals surface area contributed by atoms with Crippen molar-refractivity contribution in [2.45, 2.75) is 19.3 Å². The van der Waals surface area contributed by atoms with Crippen molar-refractivity contribution < 1.29 is 17.3 Å². The second kappa shape index (κ2) is 4.16. The van der Waals surface area contributed by atoms with Crippen molar-refractivity contribution in [3.05, 3.63) is 0 Å². The van der Waals surface area contributed by atoms with Crippen LogP contribution in [0.2, 0.25) is 0 Å². The molecule has 0 saturated carbocycles. The molecule has 1 fully saturated rings. The third-order valence-corrected chi connectivity index (χ3v) is 1.71. The Kier molecular flexibility index (Phi) is 4.29. The maximum atomic E-state index is 2.28. The molecule has 1 rings (SSSR count). The first-order valence-corrected chi connectivity index (χ1v) is 3.21. The normalized spacial score (nSPS) is 22.1. The number of piperidine rings is 1. The minimum Gasteiger partial charge on any atom is -1.00 e. The van der Waals surface area contributed by atoms with E-state index in [1.807, 2.05) is 0 Å². The van der Waals surface area contributed by atoms with Gasteiger partial charge in [-0.1, -0.05) is 0 Å². The highest BCUT2D eigenvalue weighted by Crippen LogP contribution is 1.92. The van der Waals surface area contributed by atoms with E-state index in [0.29, 0.717) is 0 Å². The predicted octanol–water partition coefficient (Wildman–Crippen LogP) is -3.31. The first kappa shape index (κ1) is 8.25. The SMILES string of the molecule is C[NH+]1CCCCC1.[Cl-]. The fourth-order valence-corrected chi connectivity index (χ4v) is 1.16. The maximum Gasteiger partial charge on any atom is 0.0768 e. The van der Waals surface area contributed by atoms with Crippen LogP contribution in [0.15, 0.2) is 0 Å². The van der Waals surface area contributed by atoms with E-state index in [2.05, 4.69) is 7.05 Å². The van der Waals surface area contributed by atoms with Gasteiger partial charge < -0.3 is 17.3 Å². The summed E-state index contributed by atoms with van der Waals surface area (Å²) in [7, 11) is 2.28. The molecule has 0 unspecified atom stereocenters. The molecule has 50 valence electrons. The molecule has 1 saturated heterocycles. The van der Waals surface area contributed by atoms with E-state index in [9.17, 15) is 0 Å². The van der Waals surface area contributed by atoms with Crippen molar-refractivity contribution >= 4 is 0 Å². The van der Waals surface area contributed by atoms with Gasteiger partial charge in [0.15, 0.2) is 0 Å². The molecular formula is C6H14ClN. The fourth-order valence-electron chi connectivity index (χ4n) is 1.16. The van der Waals surface area contributed by atoms with Crippen molar-refractivity contribution in [3.63, 3.8) is 0 Å². The van der Waals surface area contributed by atoms with Crippen LogP contribution in [0.4, 0.5) is 0 Å². The summed E-state index contributed by atoms with van der Waals surface area (Å²) < 4.78 is 0. The van der Waals surface area contributed by atoms with Crippen LogP contribution in [-0.2, 0) is 0 Å². The minimum absolute atomic E-state index is 0. The maximum absolute atomic E-state index is 2.28. The average molecular weight is 136 g/mol. The monoisotopic (exact) mass is 135 g/mol. The van der Waals surface area contributed by atoms with Crippen LogP contribution in [-0.4, -0.2) is 20.1 Å². The zero-order valence-corrected chi connectivity index (χ0v) is 6.17. The number of rotatable bonds is 0. The fraction of sp³-hybridized carbons (Fsp3) is 1.00. The molecule has 1 N–H and O–H groups in total. The first-order chi connectivity index (χ1) is 3.39. The van der Waals surface area contributed by atoms with Gasteiger partial charge in [-0.25, -0.2) is 0 Å². The summed E-state index contributed by atoms with van der Waals surface area (Å²) in [5, 5.41) is 0.